The first-order valence-electron chi connectivity index (χ1n) is 6.69. The van der Waals surface area contributed by atoms with Gasteiger partial charge in [0.05, 0.1) is 6.20 Å². The average Bonchev–Trinajstić information content (AvgIpc) is 2.97. The molecule has 0 bridgehead atoms. The third-order valence-corrected chi connectivity index (χ3v) is 3.51. The molecule has 0 saturated carbocycles. The van der Waals surface area contributed by atoms with Crippen molar-refractivity contribution in [3.05, 3.63) is 29.6 Å². The van der Waals surface area contributed by atoms with Gasteiger partial charge in [-0.25, -0.2) is 4.98 Å². The fraction of sp³-hybridized carbons (Fsp3) is 0.615. The van der Waals surface area contributed by atoms with Crippen molar-refractivity contribution in [1.82, 2.24) is 29.9 Å². The largest absolute Gasteiger partial charge is 0.313 e. The number of rotatable bonds is 6. The van der Waals surface area contributed by atoms with Crippen LogP contribution >= 0.6 is 0 Å². The molecular formula is C13H22N6. The topological polar surface area (TPSA) is 60.6 Å². The van der Waals surface area contributed by atoms with Crippen LogP contribution in [0.4, 0.5) is 0 Å². The van der Waals surface area contributed by atoms with Crippen molar-refractivity contribution in [2.75, 3.05) is 7.05 Å². The minimum atomic E-state index is 0.216. The molecule has 0 saturated heterocycles. The van der Waals surface area contributed by atoms with Crippen molar-refractivity contribution in [2.24, 2.45) is 7.05 Å². The Morgan fingerprint density at radius 3 is 2.74 bits per heavy atom. The average molecular weight is 262 g/mol. The second-order valence-electron chi connectivity index (χ2n) is 4.75. The summed E-state index contributed by atoms with van der Waals surface area (Å²) in [5.41, 5.74) is 2.40. The SMILES string of the molecule is CCCn1ncnc1CC(NC)c1cnn(C)c1C. The minimum absolute atomic E-state index is 0.216. The van der Waals surface area contributed by atoms with Crippen molar-refractivity contribution in [3.8, 4) is 0 Å². The molecule has 6 heteroatoms. The third-order valence-electron chi connectivity index (χ3n) is 3.51. The highest BCUT2D eigenvalue weighted by Gasteiger charge is 2.18. The fourth-order valence-corrected chi connectivity index (χ4v) is 2.25. The van der Waals surface area contributed by atoms with Gasteiger partial charge in [-0.2, -0.15) is 10.2 Å². The molecule has 1 N–H and O–H groups in total. The highest BCUT2D eigenvalue weighted by Crippen LogP contribution is 2.20. The molecule has 0 aliphatic heterocycles. The van der Waals surface area contributed by atoms with Crippen LogP contribution in [0, 0.1) is 6.92 Å². The molecule has 1 unspecified atom stereocenters. The lowest BCUT2D eigenvalue weighted by Crippen LogP contribution is -2.21. The van der Waals surface area contributed by atoms with Gasteiger partial charge in [0.2, 0.25) is 0 Å². The molecule has 0 spiro atoms. The van der Waals surface area contributed by atoms with E-state index in [1.807, 2.05) is 29.7 Å². The Labute approximate surface area is 113 Å². The predicted molar refractivity (Wildman–Crippen MR) is 73.8 cm³/mol. The monoisotopic (exact) mass is 262 g/mol. The van der Waals surface area contributed by atoms with E-state index in [1.165, 1.54) is 11.3 Å². The molecule has 2 rings (SSSR count). The summed E-state index contributed by atoms with van der Waals surface area (Å²) in [4.78, 5) is 4.37. The summed E-state index contributed by atoms with van der Waals surface area (Å²) in [6.07, 6.45) is 5.44. The predicted octanol–water partition coefficient (Wildman–Crippen LogP) is 1.23. The Kier molecular flexibility index (Phi) is 4.31. The summed E-state index contributed by atoms with van der Waals surface area (Å²) in [6, 6.07) is 0.216. The molecular weight excluding hydrogens is 240 g/mol. The van der Waals surface area contributed by atoms with E-state index in [1.54, 1.807) is 6.33 Å². The first-order chi connectivity index (χ1) is 9.17. The Morgan fingerprint density at radius 2 is 2.16 bits per heavy atom. The number of hydrogen-bond donors (Lipinski definition) is 1. The fourth-order valence-electron chi connectivity index (χ4n) is 2.25. The first kappa shape index (κ1) is 13.7. The summed E-state index contributed by atoms with van der Waals surface area (Å²) in [5, 5.41) is 11.9. The van der Waals surface area contributed by atoms with Crippen LogP contribution in [0.25, 0.3) is 0 Å². The van der Waals surface area contributed by atoms with Crippen molar-refractivity contribution in [2.45, 2.75) is 39.3 Å². The summed E-state index contributed by atoms with van der Waals surface area (Å²) in [6.45, 7) is 5.15. The van der Waals surface area contributed by atoms with Crippen molar-refractivity contribution < 1.29 is 0 Å². The van der Waals surface area contributed by atoms with E-state index in [0.29, 0.717) is 0 Å². The number of nitrogens with one attached hydrogen (secondary N) is 1. The van der Waals surface area contributed by atoms with Gasteiger partial charge >= 0.3 is 0 Å². The van der Waals surface area contributed by atoms with Gasteiger partial charge in [0.25, 0.3) is 0 Å². The molecule has 104 valence electrons. The maximum absolute atomic E-state index is 4.37. The van der Waals surface area contributed by atoms with Crippen LogP contribution < -0.4 is 5.32 Å². The van der Waals surface area contributed by atoms with Crippen molar-refractivity contribution in [3.63, 3.8) is 0 Å². The lowest BCUT2D eigenvalue weighted by Gasteiger charge is -2.16. The van der Waals surface area contributed by atoms with Crippen LogP contribution in [-0.2, 0) is 20.0 Å². The zero-order valence-corrected chi connectivity index (χ0v) is 12.1. The standard InChI is InChI=1S/C13H22N6/c1-5-6-19-13(15-9-17-19)7-12(14-3)11-8-16-18(4)10(11)2/h8-9,12,14H,5-7H2,1-4H3. The summed E-state index contributed by atoms with van der Waals surface area (Å²) >= 11 is 0. The summed E-state index contributed by atoms with van der Waals surface area (Å²) in [5.74, 6) is 1.02. The maximum atomic E-state index is 4.37. The number of hydrogen-bond acceptors (Lipinski definition) is 4. The third kappa shape index (κ3) is 2.84. The van der Waals surface area contributed by atoms with Gasteiger partial charge < -0.3 is 5.32 Å². The van der Waals surface area contributed by atoms with E-state index in [2.05, 4.69) is 34.3 Å². The molecule has 2 heterocycles. The second kappa shape index (κ2) is 5.97. The molecule has 0 aliphatic carbocycles. The van der Waals surface area contributed by atoms with E-state index in [9.17, 15) is 0 Å². The Morgan fingerprint density at radius 1 is 1.37 bits per heavy atom. The molecule has 0 radical (unpaired) electrons. The molecule has 6 nitrogen and oxygen atoms in total. The maximum Gasteiger partial charge on any atom is 0.138 e. The minimum Gasteiger partial charge on any atom is -0.313 e. The lowest BCUT2D eigenvalue weighted by atomic mass is 10.0. The van der Waals surface area contributed by atoms with Crippen LogP contribution in [0.15, 0.2) is 12.5 Å². The first-order valence-corrected chi connectivity index (χ1v) is 6.69. The normalized spacial score (nSPS) is 12.8. The van der Waals surface area contributed by atoms with Crippen LogP contribution in [-0.4, -0.2) is 31.6 Å². The Hall–Kier alpha value is -1.69. The molecule has 1 atom stereocenters. The number of likely N-dealkylation sites (N-methyl/N-ethyl adjacent to an activating group) is 1. The van der Waals surface area contributed by atoms with Gasteiger partial charge in [0, 0.05) is 37.3 Å². The van der Waals surface area contributed by atoms with Gasteiger partial charge in [0.1, 0.15) is 12.2 Å². The smallest absolute Gasteiger partial charge is 0.138 e. The Bertz CT molecular complexity index is 527. The number of nitrogens with zero attached hydrogens (tertiary/aromatic N) is 5. The zero-order valence-electron chi connectivity index (χ0n) is 12.1. The lowest BCUT2D eigenvalue weighted by molar-refractivity contribution is 0.515. The van der Waals surface area contributed by atoms with E-state index >= 15 is 0 Å². The highest BCUT2D eigenvalue weighted by molar-refractivity contribution is 5.21. The van der Waals surface area contributed by atoms with E-state index in [4.69, 9.17) is 0 Å². The van der Waals surface area contributed by atoms with Crippen molar-refractivity contribution in [1.29, 1.82) is 0 Å². The van der Waals surface area contributed by atoms with Gasteiger partial charge in [-0.15, -0.1) is 0 Å². The van der Waals surface area contributed by atoms with E-state index in [-0.39, 0.29) is 6.04 Å². The zero-order chi connectivity index (χ0) is 13.8. The molecule has 0 aromatic carbocycles. The van der Waals surface area contributed by atoms with Crippen LogP contribution in [0.2, 0.25) is 0 Å². The summed E-state index contributed by atoms with van der Waals surface area (Å²) in [7, 11) is 3.93. The van der Waals surface area contributed by atoms with Gasteiger partial charge in [-0.3, -0.25) is 9.36 Å². The quantitative estimate of drug-likeness (QED) is 0.850. The van der Waals surface area contributed by atoms with Crippen LogP contribution in [0.5, 0.6) is 0 Å². The van der Waals surface area contributed by atoms with E-state index < -0.39 is 0 Å². The van der Waals surface area contributed by atoms with E-state index in [0.717, 1.165) is 25.2 Å². The second-order valence-corrected chi connectivity index (χ2v) is 4.75. The van der Waals surface area contributed by atoms with Crippen LogP contribution in [0.3, 0.4) is 0 Å². The summed E-state index contributed by atoms with van der Waals surface area (Å²) < 4.78 is 3.88. The van der Waals surface area contributed by atoms with Gasteiger partial charge in [-0.05, 0) is 20.4 Å². The molecule has 2 aromatic rings. The highest BCUT2D eigenvalue weighted by atomic mass is 15.3. The molecule has 2 aromatic heterocycles. The van der Waals surface area contributed by atoms with Crippen molar-refractivity contribution >= 4 is 0 Å². The molecule has 19 heavy (non-hydrogen) atoms. The molecule has 0 fully saturated rings. The van der Waals surface area contributed by atoms with Gasteiger partial charge in [-0.1, -0.05) is 6.92 Å². The Balaban J connectivity index is 2.19. The number of aromatic nitrogens is 5. The molecule has 0 amide bonds. The molecule has 0 aliphatic rings. The number of aryl methyl sites for hydroxylation is 2. The van der Waals surface area contributed by atoms with Gasteiger partial charge in [0.15, 0.2) is 0 Å². The van der Waals surface area contributed by atoms with Crippen LogP contribution in [0.1, 0.15) is 36.5 Å².